The minimum Gasteiger partial charge on any atom is -0.744 e. The van der Waals surface area contributed by atoms with Crippen molar-refractivity contribution < 1.29 is 32.4 Å². The number of amides is 2. The number of fused-ring (bicyclic) bond motifs is 1. The SMILES string of the molecule is COc1ccc(NC(=O)c2cc3ccccc3c(N=Nc3cccc(C(=O)Nc4ccc(S(=O)(=O)[O-])cc4)c3)c2O)cc1.[Ca+2]. The molecule has 5 aromatic rings. The number of hydrogen-bond acceptors (Lipinski definition) is 9. The Bertz CT molecular complexity index is 1980. The third kappa shape index (κ3) is 7.59. The molecule has 0 aromatic heterocycles. The Morgan fingerprint density at radius 3 is 2.09 bits per heavy atom. The van der Waals surface area contributed by atoms with Gasteiger partial charge in [-0.3, -0.25) is 9.59 Å². The first kappa shape index (κ1) is 32.6. The van der Waals surface area contributed by atoms with Crippen molar-refractivity contribution >= 4 is 93.2 Å². The molecule has 0 radical (unpaired) electrons. The van der Waals surface area contributed by atoms with E-state index >= 15 is 0 Å². The smallest absolute Gasteiger partial charge is 0.744 e. The average Bonchev–Trinajstić information content (AvgIpc) is 3.00. The van der Waals surface area contributed by atoms with Crippen LogP contribution < -0.4 is 15.4 Å². The van der Waals surface area contributed by atoms with Gasteiger partial charge in [0.2, 0.25) is 0 Å². The van der Waals surface area contributed by atoms with Gasteiger partial charge in [0.15, 0.2) is 5.75 Å². The number of anilines is 2. The molecule has 2 amide bonds. The van der Waals surface area contributed by atoms with Gasteiger partial charge in [0.25, 0.3) is 11.8 Å². The molecule has 0 fully saturated rings. The van der Waals surface area contributed by atoms with Gasteiger partial charge in [0.1, 0.15) is 21.6 Å². The van der Waals surface area contributed by atoms with E-state index in [4.69, 9.17) is 4.74 Å². The van der Waals surface area contributed by atoms with Crippen molar-refractivity contribution in [2.75, 3.05) is 17.7 Å². The number of nitrogens with one attached hydrogen (secondary N) is 2. The number of azo groups is 1. The number of phenolic OH excluding ortho intramolecular Hbond substituents is 1. The van der Waals surface area contributed by atoms with Crippen LogP contribution in [-0.4, -0.2) is 74.7 Å². The van der Waals surface area contributed by atoms with Gasteiger partial charge >= 0.3 is 37.7 Å². The van der Waals surface area contributed by atoms with Crippen molar-refractivity contribution in [3.63, 3.8) is 0 Å². The third-order valence-corrected chi connectivity index (χ3v) is 7.21. The van der Waals surface area contributed by atoms with Gasteiger partial charge in [-0.15, -0.1) is 5.11 Å². The standard InChI is InChI=1S/C31H24N4O7S.Ca/c1-42-24-13-9-21(10-14-24)33-31(38)27-18-19-5-2-3-8-26(19)28(29(27)36)35-34-23-7-4-6-20(17-23)30(37)32-22-11-15-25(16-12-22)43(39,40)41;/h2-18,36H,1H3,(H,32,37)(H,33,38)(H,39,40,41);/q;+2/p-1. The van der Waals surface area contributed by atoms with E-state index < -0.39 is 26.8 Å². The molecule has 0 spiro atoms. The van der Waals surface area contributed by atoms with Crippen LogP contribution in [0.2, 0.25) is 0 Å². The minimum absolute atomic E-state index is 0. The van der Waals surface area contributed by atoms with Gasteiger partial charge in [0, 0.05) is 22.3 Å². The van der Waals surface area contributed by atoms with Crippen LogP contribution in [0.5, 0.6) is 11.5 Å². The van der Waals surface area contributed by atoms with E-state index in [1.165, 1.54) is 25.3 Å². The zero-order chi connectivity index (χ0) is 30.6. The maximum absolute atomic E-state index is 13.1. The zero-order valence-corrected chi connectivity index (χ0v) is 26.2. The fourth-order valence-corrected chi connectivity index (χ4v) is 4.66. The van der Waals surface area contributed by atoms with Crippen molar-refractivity contribution in [2.45, 2.75) is 4.90 Å². The topological polar surface area (TPSA) is 170 Å². The molecule has 0 heterocycles. The molecule has 11 nitrogen and oxygen atoms in total. The molecule has 0 unspecified atom stereocenters. The Hall–Kier alpha value is -4.33. The van der Waals surface area contributed by atoms with Gasteiger partial charge in [-0.1, -0.05) is 30.3 Å². The Labute approximate surface area is 282 Å². The monoisotopic (exact) mass is 635 g/mol. The number of aromatic hydroxyl groups is 1. The van der Waals surface area contributed by atoms with E-state index in [9.17, 15) is 27.7 Å². The Balaban J connectivity index is 0.00000442. The number of carbonyl (C=O) groups is 2. The van der Waals surface area contributed by atoms with Crippen molar-refractivity contribution in [2.24, 2.45) is 10.2 Å². The van der Waals surface area contributed by atoms with Crippen LogP contribution in [0.15, 0.2) is 118 Å². The van der Waals surface area contributed by atoms with Gasteiger partial charge in [-0.25, -0.2) is 8.42 Å². The fourth-order valence-electron chi connectivity index (χ4n) is 4.19. The molecule has 0 aliphatic carbocycles. The first-order valence-corrected chi connectivity index (χ1v) is 14.1. The summed E-state index contributed by atoms with van der Waals surface area (Å²) < 4.78 is 38.5. The van der Waals surface area contributed by atoms with Crippen LogP contribution in [0, 0.1) is 0 Å². The van der Waals surface area contributed by atoms with Crippen LogP contribution in [0.1, 0.15) is 20.7 Å². The summed E-state index contributed by atoms with van der Waals surface area (Å²) in [5.74, 6) is -0.807. The van der Waals surface area contributed by atoms with Gasteiger partial charge in [0.05, 0.1) is 23.3 Å². The van der Waals surface area contributed by atoms with Gasteiger partial charge in [-0.2, -0.15) is 5.11 Å². The summed E-state index contributed by atoms with van der Waals surface area (Å²) in [7, 11) is -3.07. The largest absolute Gasteiger partial charge is 2.00 e. The van der Waals surface area contributed by atoms with Crippen molar-refractivity contribution in [1.29, 1.82) is 0 Å². The minimum atomic E-state index is -4.61. The molecule has 5 rings (SSSR count). The number of methoxy groups -OCH3 is 1. The molecular weight excluding hydrogens is 613 g/mol. The van der Waals surface area contributed by atoms with Crippen molar-refractivity contribution in [3.05, 3.63) is 114 Å². The summed E-state index contributed by atoms with van der Waals surface area (Å²) in [6, 6.07) is 26.4. The second-order valence-electron chi connectivity index (χ2n) is 9.21. The first-order chi connectivity index (χ1) is 20.6. The van der Waals surface area contributed by atoms with Crippen molar-refractivity contribution in [3.8, 4) is 11.5 Å². The number of phenols is 1. The van der Waals surface area contributed by atoms with Gasteiger partial charge < -0.3 is 25.0 Å². The number of nitrogens with zero attached hydrogens (tertiary/aromatic N) is 2. The summed E-state index contributed by atoms with van der Waals surface area (Å²) in [6.45, 7) is 0. The Morgan fingerprint density at radius 1 is 0.795 bits per heavy atom. The molecule has 0 atom stereocenters. The molecule has 3 N–H and O–H groups in total. The number of rotatable bonds is 8. The molecule has 216 valence electrons. The maximum atomic E-state index is 13.1. The summed E-state index contributed by atoms with van der Waals surface area (Å²) in [4.78, 5) is 25.5. The number of benzene rings is 5. The Kier molecular flexibility index (Phi) is 10.3. The predicted octanol–water partition coefficient (Wildman–Crippen LogP) is 6.00. The quantitative estimate of drug-likeness (QED) is 0.107. The maximum Gasteiger partial charge on any atom is 2.00 e. The average molecular weight is 636 g/mol. The molecule has 13 heteroatoms. The molecule has 44 heavy (non-hydrogen) atoms. The van der Waals surface area contributed by atoms with Crippen LogP contribution in [0.4, 0.5) is 22.7 Å². The van der Waals surface area contributed by atoms with E-state index in [1.54, 1.807) is 72.8 Å². The van der Waals surface area contributed by atoms with E-state index in [0.717, 1.165) is 12.1 Å². The normalized spacial score (nSPS) is 11.1. The zero-order valence-electron chi connectivity index (χ0n) is 23.2. The second-order valence-corrected chi connectivity index (χ2v) is 10.6. The molecule has 5 aromatic carbocycles. The molecule has 0 aliphatic heterocycles. The van der Waals surface area contributed by atoms with Crippen molar-refractivity contribution in [1.82, 2.24) is 0 Å². The van der Waals surface area contributed by atoms with E-state index in [2.05, 4.69) is 20.9 Å². The fraction of sp³-hybridized carbons (Fsp3) is 0.0323. The molecule has 0 aliphatic rings. The van der Waals surface area contributed by atoms with Crippen LogP contribution in [0.3, 0.4) is 0 Å². The molecule has 0 saturated heterocycles. The Morgan fingerprint density at radius 2 is 1.43 bits per heavy atom. The predicted molar refractivity (Wildman–Crippen MR) is 165 cm³/mol. The first-order valence-electron chi connectivity index (χ1n) is 12.7. The van der Waals surface area contributed by atoms with E-state index in [1.807, 2.05) is 0 Å². The van der Waals surface area contributed by atoms with Crippen LogP contribution in [0.25, 0.3) is 10.8 Å². The summed E-state index contributed by atoms with van der Waals surface area (Å²) in [6.07, 6.45) is 0. The third-order valence-electron chi connectivity index (χ3n) is 6.36. The number of carbonyl (C=O) groups excluding carboxylic acids is 2. The summed E-state index contributed by atoms with van der Waals surface area (Å²) >= 11 is 0. The van der Waals surface area contributed by atoms with Gasteiger partial charge in [-0.05, 0) is 78.2 Å². The summed E-state index contributed by atoms with van der Waals surface area (Å²) in [5.41, 5.74) is 1.36. The van der Waals surface area contributed by atoms with Crippen LogP contribution >= 0.6 is 0 Å². The summed E-state index contributed by atoms with van der Waals surface area (Å²) in [5, 5.41) is 26.2. The molecule has 0 bridgehead atoms. The molecular formula is C31H23CaN4O7S+. The molecule has 0 saturated carbocycles. The number of ether oxygens (including phenoxy) is 1. The second kappa shape index (κ2) is 14.0. The van der Waals surface area contributed by atoms with E-state index in [0.29, 0.717) is 22.2 Å². The number of hydrogen-bond donors (Lipinski definition) is 3. The van der Waals surface area contributed by atoms with E-state index in [-0.39, 0.29) is 71.7 Å². The van der Waals surface area contributed by atoms with Crippen LogP contribution in [-0.2, 0) is 10.1 Å².